The van der Waals surface area contributed by atoms with Gasteiger partial charge in [-0.15, -0.1) is 0 Å². The molecular formula is C19H24N2O3. The summed E-state index contributed by atoms with van der Waals surface area (Å²) < 4.78 is 10.9. The lowest BCUT2D eigenvalue weighted by molar-refractivity contribution is -0.115. The summed E-state index contributed by atoms with van der Waals surface area (Å²) in [6.07, 6.45) is 0. The van der Waals surface area contributed by atoms with Crippen molar-refractivity contribution in [3.05, 3.63) is 54.1 Å². The number of hydrogen-bond donors (Lipinski definition) is 2. The van der Waals surface area contributed by atoms with E-state index in [-0.39, 0.29) is 18.5 Å². The Hall–Kier alpha value is -2.53. The summed E-state index contributed by atoms with van der Waals surface area (Å²) >= 11 is 0. The predicted molar refractivity (Wildman–Crippen MR) is 95.7 cm³/mol. The Morgan fingerprint density at radius 1 is 1.08 bits per heavy atom. The van der Waals surface area contributed by atoms with Crippen LogP contribution in [0.5, 0.6) is 11.5 Å². The lowest BCUT2D eigenvalue weighted by atomic mass is 10.1. The molecule has 5 heteroatoms. The molecule has 0 radical (unpaired) electrons. The molecule has 24 heavy (non-hydrogen) atoms. The maximum atomic E-state index is 12.2. The number of rotatable bonds is 8. The summed E-state index contributed by atoms with van der Waals surface area (Å²) in [5.41, 5.74) is 1.69. The fraction of sp³-hybridized carbons (Fsp3) is 0.316. The number of methoxy groups -OCH3 is 1. The highest BCUT2D eigenvalue weighted by atomic mass is 16.5. The molecule has 0 saturated heterocycles. The Balaban J connectivity index is 1.94. The summed E-state index contributed by atoms with van der Waals surface area (Å²) in [6.45, 7) is 4.66. The van der Waals surface area contributed by atoms with Gasteiger partial charge in [-0.25, -0.2) is 0 Å². The van der Waals surface area contributed by atoms with E-state index in [0.717, 1.165) is 11.3 Å². The first kappa shape index (κ1) is 17.8. The van der Waals surface area contributed by atoms with Crippen LogP contribution in [-0.4, -0.2) is 26.2 Å². The number of carbonyl (C=O) groups is 1. The van der Waals surface area contributed by atoms with E-state index in [0.29, 0.717) is 18.0 Å². The lowest BCUT2D eigenvalue weighted by Crippen LogP contribution is -2.30. The normalized spacial score (nSPS) is 11.6. The van der Waals surface area contributed by atoms with Crippen molar-refractivity contribution in [2.75, 3.05) is 25.6 Å². The molecular weight excluding hydrogens is 304 g/mol. The number of para-hydroxylation sites is 3. The van der Waals surface area contributed by atoms with Gasteiger partial charge in [0.1, 0.15) is 11.5 Å². The predicted octanol–water partition coefficient (Wildman–Crippen LogP) is 3.38. The molecule has 5 nitrogen and oxygen atoms in total. The van der Waals surface area contributed by atoms with Crippen LogP contribution >= 0.6 is 0 Å². The molecule has 0 aromatic heterocycles. The van der Waals surface area contributed by atoms with Gasteiger partial charge in [0.05, 0.1) is 25.9 Å². The van der Waals surface area contributed by atoms with Crippen molar-refractivity contribution in [1.82, 2.24) is 5.32 Å². The van der Waals surface area contributed by atoms with Crippen molar-refractivity contribution in [3.63, 3.8) is 0 Å². The third-order valence-corrected chi connectivity index (χ3v) is 3.64. The maximum Gasteiger partial charge on any atom is 0.238 e. The molecule has 128 valence electrons. The molecule has 0 heterocycles. The summed E-state index contributed by atoms with van der Waals surface area (Å²) in [7, 11) is 1.64. The van der Waals surface area contributed by atoms with Crippen LogP contribution < -0.4 is 20.1 Å². The quantitative estimate of drug-likeness (QED) is 0.780. The van der Waals surface area contributed by atoms with Crippen LogP contribution in [0.2, 0.25) is 0 Å². The monoisotopic (exact) mass is 328 g/mol. The Bertz CT molecular complexity index is 673. The van der Waals surface area contributed by atoms with Gasteiger partial charge in [0, 0.05) is 11.6 Å². The van der Waals surface area contributed by atoms with E-state index in [1.54, 1.807) is 7.11 Å². The Kier molecular flexibility index (Phi) is 6.63. The number of anilines is 1. The molecule has 0 spiro atoms. The lowest BCUT2D eigenvalue weighted by Gasteiger charge is -2.17. The van der Waals surface area contributed by atoms with Crippen molar-refractivity contribution in [1.29, 1.82) is 0 Å². The van der Waals surface area contributed by atoms with Crippen molar-refractivity contribution < 1.29 is 14.3 Å². The molecule has 0 fully saturated rings. The second-order valence-corrected chi connectivity index (χ2v) is 5.32. The minimum Gasteiger partial charge on any atom is -0.496 e. The van der Waals surface area contributed by atoms with Crippen molar-refractivity contribution in [3.8, 4) is 11.5 Å². The zero-order valence-corrected chi connectivity index (χ0v) is 14.3. The molecule has 2 aromatic carbocycles. The number of carbonyl (C=O) groups excluding carboxylic acids is 1. The third-order valence-electron chi connectivity index (χ3n) is 3.64. The van der Waals surface area contributed by atoms with Gasteiger partial charge in [0.2, 0.25) is 5.91 Å². The van der Waals surface area contributed by atoms with Crippen LogP contribution in [0.1, 0.15) is 25.5 Å². The smallest absolute Gasteiger partial charge is 0.238 e. The van der Waals surface area contributed by atoms with E-state index in [9.17, 15) is 4.79 Å². The number of benzene rings is 2. The summed E-state index contributed by atoms with van der Waals surface area (Å²) in [5, 5.41) is 6.09. The Labute approximate surface area is 143 Å². The van der Waals surface area contributed by atoms with E-state index in [2.05, 4.69) is 10.6 Å². The average Bonchev–Trinajstić information content (AvgIpc) is 2.61. The van der Waals surface area contributed by atoms with Gasteiger partial charge in [-0.3, -0.25) is 4.79 Å². The summed E-state index contributed by atoms with van der Waals surface area (Å²) in [5.74, 6) is 1.36. The fourth-order valence-corrected chi connectivity index (χ4v) is 2.43. The maximum absolute atomic E-state index is 12.2. The van der Waals surface area contributed by atoms with Gasteiger partial charge in [0.25, 0.3) is 0 Å². The van der Waals surface area contributed by atoms with Crippen LogP contribution in [0.15, 0.2) is 48.5 Å². The van der Waals surface area contributed by atoms with E-state index in [1.807, 2.05) is 62.4 Å². The highest BCUT2D eigenvalue weighted by molar-refractivity contribution is 5.93. The second-order valence-electron chi connectivity index (χ2n) is 5.32. The standard InChI is InChI=1S/C19H24N2O3/c1-4-24-18-12-8-6-10-16(18)21-19(22)13-20-14(2)15-9-5-7-11-17(15)23-3/h5-12,14,20H,4,13H2,1-3H3,(H,21,22). The van der Waals surface area contributed by atoms with E-state index in [4.69, 9.17) is 9.47 Å². The first-order valence-electron chi connectivity index (χ1n) is 8.03. The number of hydrogen-bond acceptors (Lipinski definition) is 4. The molecule has 0 saturated carbocycles. The second kappa shape index (κ2) is 8.93. The van der Waals surface area contributed by atoms with Gasteiger partial charge in [-0.1, -0.05) is 30.3 Å². The number of amides is 1. The SMILES string of the molecule is CCOc1ccccc1NC(=O)CNC(C)c1ccccc1OC. The van der Waals surface area contributed by atoms with Crippen molar-refractivity contribution >= 4 is 11.6 Å². The van der Waals surface area contributed by atoms with Gasteiger partial charge in [-0.2, -0.15) is 0 Å². The molecule has 0 bridgehead atoms. The largest absolute Gasteiger partial charge is 0.496 e. The molecule has 1 amide bonds. The van der Waals surface area contributed by atoms with E-state index >= 15 is 0 Å². The highest BCUT2D eigenvalue weighted by Gasteiger charge is 2.13. The van der Waals surface area contributed by atoms with E-state index < -0.39 is 0 Å². The first-order valence-corrected chi connectivity index (χ1v) is 8.03. The minimum absolute atomic E-state index is 0.00552. The van der Waals surface area contributed by atoms with Crippen LogP contribution in [0.25, 0.3) is 0 Å². The van der Waals surface area contributed by atoms with Gasteiger partial charge < -0.3 is 20.1 Å². The summed E-state index contributed by atoms with van der Waals surface area (Å²) in [4.78, 5) is 12.2. The zero-order chi connectivity index (χ0) is 17.4. The third kappa shape index (κ3) is 4.73. The number of nitrogens with one attached hydrogen (secondary N) is 2. The topological polar surface area (TPSA) is 59.6 Å². The molecule has 1 unspecified atom stereocenters. The molecule has 2 aromatic rings. The molecule has 0 aliphatic rings. The molecule has 0 aliphatic heterocycles. The van der Waals surface area contributed by atoms with Gasteiger partial charge >= 0.3 is 0 Å². The molecule has 1 atom stereocenters. The average molecular weight is 328 g/mol. The van der Waals surface area contributed by atoms with Crippen LogP contribution in [0, 0.1) is 0 Å². The van der Waals surface area contributed by atoms with Crippen molar-refractivity contribution in [2.45, 2.75) is 19.9 Å². The van der Waals surface area contributed by atoms with Gasteiger partial charge in [0.15, 0.2) is 0 Å². The highest BCUT2D eigenvalue weighted by Crippen LogP contribution is 2.25. The van der Waals surface area contributed by atoms with Crippen LogP contribution in [0.3, 0.4) is 0 Å². The van der Waals surface area contributed by atoms with Crippen molar-refractivity contribution in [2.24, 2.45) is 0 Å². The molecule has 2 rings (SSSR count). The van der Waals surface area contributed by atoms with Crippen LogP contribution in [0.4, 0.5) is 5.69 Å². The molecule has 0 aliphatic carbocycles. The van der Waals surface area contributed by atoms with Crippen LogP contribution in [-0.2, 0) is 4.79 Å². The Morgan fingerprint density at radius 3 is 2.46 bits per heavy atom. The number of ether oxygens (including phenoxy) is 2. The summed E-state index contributed by atoms with van der Waals surface area (Å²) in [6, 6.07) is 15.2. The zero-order valence-electron chi connectivity index (χ0n) is 14.3. The first-order chi connectivity index (χ1) is 11.7. The molecule has 2 N–H and O–H groups in total. The fourth-order valence-electron chi connectivity index (χ4n) is 2.43. The van der Waals surface area contributed by atoms with E-state index in [1.165, 1.54) is 0 Å². The van der Waals surface area contributed by atoms with Gasteiger partial charge in [-0.05, 0) is 32.0 Å². The minimum atomic E-state index is -0.121. The Morgan fingerprint density at radius 2 is 1.75 bits per heavy atom.